The predicted octanol–water partition coefficient (Wildman–Crippen LogP) is -0.0606. The van der Waals surface area contributed by atoms with Gasteiger partial charge in [0.1, 0.15) is 0 Å². The Kier molecular flexibility index (Phi) is 5.28. The van der Waals surface area contributed by atoms with Crippen LogP contribution >= 0.6 is 0 Å². The van der Waals surface area contributed by atoms with Crippen molar-refractivity contribution in [1.82, 2.24) is 28.6 Å². The summed E-state index contributed by atoms with van der Waals surface area (Å²) in [6, 6.07) is 3.54. The zero-order chi connectivity index (χ0) is 18.9. The quantitative estimate of drug-likeness (QED) is 0.693. The van der Waals surface area contributed by atoms with Gasteiger partial charge in [-0.1, -0.05) is 5.16 Å². The van der Waals surface area contributed by atoms with Crippen molar-refractivity contribution < 1.29 is 17.4 Å². The van der Waals surface area contributed by atoms with Crippen molar-refractivity contribution in [3.05, 3.63) is 24.3 Å². The predicted molar refractivity (Wildman–Crippen MR) is 96.8 cm³/mol. The van der Waals surface area contributed by atoms with Crippen LogP contribution in [0.5, 0.6) is 0 Å². The Morgan fingerprint density at radius 2 is 1.70 bits per heavy atom. The van der Waals surface area contributed by atoms with Gasteiger partial charge >= 0.3 is 0 Å². The molecule has 0 aliphatic carbocycles. The highest BCUT2D eigenvalue weighted by Gasteiger charge is 2.34. The van der Waals surface area contributed by atoms with E-state index in [1.165, 1.54) is 0 Å². The Bertz CT molecular complexity index is 836. The van der Waals surface area contributed by atoms with E-state index in [1.54, 1.807) is 27.0 Å². The second kappa shape index (κ2) is 7.68. The molecule has 2 aliphatic rings. The van der Waals surface area contributed by atoms with Crippen molar-refractivity contribution in [3.8, 4) is 11.6 Å². The normalized spacial score (nSPS) is 21.7. The number of nitrogens with zero attached hydrogens (tertiary/aromatic N) is 6. The van der Waals surface area contributed by atoms with E-state index in [-0.39, 0.29) is 0 Å². The molecule has 2 aliphatic heterocycles. The van der Waals surface area contributed by atoms with Crippen LogP contribution < -0.4 is 0 Å². The van der Waals surface area contributed by atoms with Gasteiger partial charge in [0.05, 0.1) is 12.8 Å². The molecule has 148 valence electrons. The number of rotatable bonds is 5. The SMILES string of the molecule is CN1CCN(S(=O)(=O)N2CCN(Cc3nc(-c4ccco4)no3)CC2)CC1. The van der Waals surface area contributed by atoms with E-state index in [2.05, 4.69) is 19.9 Å². The van der Waals surface area contributed by atoms with Gasteiger partial charge in [0, 0.05) is 52.4 Å². The molecule has 0 aromatic carbocycles. The third-order valence-electron chi connectivity index (χ3n) is 5.01. The lowest BCUT2D eigenvalue weighted by Crippen LogP contribution is -2.56. The molecule has 2 aromatic rings. The van der Waals surface area contributed by atoms with Crippen LogP contribution in [0.25, 0.3) is 11.6 Å². The van der Waals surface area contributed by atoms with E-state index in [9.17, 15) is 8.42 Å². The molecule has 0 N–H and O–H groups in total. The standard InChI is InChI=1S/C16H24N6O4S/c1-19-4-8-21(9-5-19)27(23,24)22-10-6-20(7-11-22)13-15-17-16(18-26-15)14-3-2-12-25-14/h2-3,12H,4-11,13H2,1H3. The number of likely N-dealkylation sites (N-methyl/N-ethyl adjacent to an activating group) is 1. The van der Waals surface area contributed by atoms with Crippen molar-refractivity contribution in [3.63, 3.8) is 0 Å². The molecule has 2 fully saturated rings. The molecule has 11 heteroatoms. The molecular weight excluding hydrogens is 372 g/mol. The fourth-order valence-corrected chi connectivity index (χ4v) is 4.89. The maximum absolute atomic E-state index is 12.8. The average Bonchev–Trinajstić information content (AvgIpc) is 3.34. The third kappa shape index (κ3) is 4.06. The molecule has 10 nitrogen and oxygen atoms in total. The van der Waals surface area contributed by atoms with E-state index in [0.29, 0.717) is 63.3 Å². The minimum absolute atomic E-state index is 0.422. The topological polar surface area (TPSA) is 99.2 Å². The van der Waals surface area contributed by atoms with E-state index < -0.39 is 10.2 Å². The van der Waals surface area contributed by atoms with Gasteiger partial charge in [-0.2, -0.15) is 22.0 Å². The van der Waals surface area contributed by atoms with Crippen LogP contribution in [0.4, 0.5) is 0 Å². The lowest BCUT2D eigenvalue weighted by Gasteiger charge is -2.38. The molecule has 0 saturated carbocycles. The number of aromatic nitrogens is 2. The number of hydrogen-bond donors (Lipinski definition) is 0. The van der Waals surface area contributed by atoms with Crippen LogP contribution in [-0.4, -0.2) is 96.4 Å². The smallest absolute Gasteiger partial charge is 0.282 e. The summed E-state index contributed by atoms with van der Waals surface area (Å²) in [6.45, 7) is 5.34. The molecule has 4 rings (SSSR count). The van der Waals surface area contributed by atoms with Crippen LogP contribution in [0.2, 0.25) is 0 Å². The van der Waals surface area contributed by atoms with Gasteiger partial charge in [0.2, 0.25) is 11.7 Å². The summed E-state index contributed by atoms with van der Waals surface area (Å²) in [4.78, 5) is 8.60. The van der Waals surface area contributed by atoms with E-state index in [4.69, 9.17) is 8.94 Å². The van der Waals surface area contributed by atoms with E-state index in [1.807, 2.05) is 7.05 Å². The van der Waals surface area contributed by atoms with Crippen LogP contribution in [-0.2, 0) is 16.8 Å². The molecule has 27 heavy (non-hydrogen) atoms. The largest absolute Gasteiger partial charge is 0.461 e. The lowest BCUT2D eigenvalue weighted by atomic mass is 10.3. The van der Waals surface area contributed by atoms with Gasteiger partial charge in [-0.3, -0.25) is 4.90 Å². The van der Waals surface area contributed by atoms with Gasteiger partial charge < -0.3 is 13.8 Å². The zero-order valence-corrected chi connectivity index (χ0v) is 16.1. The first kappa shape index (κ1) is 18.6. The summed E-state index contributed by atoms with van der Waals surface area (Å²) in [6.07, 6.45) is 1.56. The summed E-state index contributed by atoms with van der Waals surface area (Å²) < 4.78 is 39.3. The summed E-state index contributed by atoms with van der Waals surface area (Å²) in [7, 11) is -1.37. The first-order chi connectivity index (χ1) is 13.0. The highest BCUT2D eigenvalue weighted by Crippen LogP contribution is 2.18. The highest BCUT2D eigenvalue weighted by molar-refractivity contribution is 7.86. The molecule has 4 heterocycles. The Morgan fingerprint density at radius 3 is 2.33 bits per heavy atom. The molecule has 0 atom stereocenters. The minimum Gasteiger partial charge on any atom is -0.461 e. The van der Waals surface area contributed by atoms with Gasteiger partial charge in [-0.15, -0.1) is 0 Å². The molecule has 2 saturated heterocycles. The van der Waals surface area contributed by atoms with Crippen molar-refractivity contribution in [2.45, 2.75) is 6.54 Å². The number of furan rings is 1. The Balaban J connectivity index is 1.31. The average molecular weight is 396 g/mol. The summed E-state index contributed by atoms with van der Waals surface area (Å²) in [5.41, 5.74) is 0. The summed E-state index contributed by atoms with van der Waals surface area (Å²) in [5, 5.41) is 3.92. The van der Waals surface area contributed by atoms with Crippen LogP contribution in [0.1, 0.15) is 5.89 Å². The molecule has 0 bridgehead atoms. The first-order valence-corrected chi connectivity index (χ1v) is 10.4. The first-order valence-electron chi connectivity index (χ1n) is 9.05. The lowest BCUT2D eigenvalue weighted by molar-refractivity contribution is 0.152. The minimum atomic E-state index is -3.38. The molecule has 0 unspecified atom stereocenters. The summed E-state index contributed by atoms with van der Waals surface area (Å²) >= 11 is 0. The Hall–Kier alpha value is -1.79. The van der Waals surface area contributed by atoms with Crippen molar-refractivity contribution >= 4 is 10.2 Å². The van der Waals surface area contributed by atoms with Crippen molar-refractivity contribution in [2.24, 2.45) is 0 Å². The summed E-state index contributed by atoms with van der Waals surface area (Å²) in [5.74, 6) is 1.48. The molecule has 0 spiro atoms. The second-order valence-electron chi connectivity index (χ2n) is 6.87. The number of piperazine rings is 2. The van der Waals surface area contributed by atoms with Gasteiger partial charge in [-0.25, -0.2) is 0 Å². The van der Waals surface area contributed by atoms with Crippen molar-refractivity contribution in [2.75, 3.05) is 59.4 Å². The van der Waals surface area contributed by atoms with Crippen LogP contribution in [0.15, 0.2) is 27.3 Å². The Labute approximate surface area is 158 Å². The van der Waals surface area contributed by atoms with Gasteiger partial charge in [-0.05, 0) is 19.2 Å². The van der Waals surface area contributed by atoms with E-state index in [0.717, 1.165) is 13.1 Å². The molecule has 0 amide bonds. The Morgan fingerprint density at radius 1 is 1.04 bits per heavy atom. The second-order valence-corrected chi connectivity index (χ2v) is 8.80. The number of hydrogen-bond acceptors (Lipinski definition) is 8. The van der Waals surface area contributed by atoms with Gasteiger partial charge in [0.15, 0.2) is 5.76 Å². The highest BCUT2D eigenvalue weighted by atomic mass is 32.2. The van der Waals surface area contributed by atoms with Crippen LogP contribution in [0.3, 0.4) is 0 Å². The van der Waals surface area contributed by atoms with Gasteiger partial charge in [0.25, 0.3) is 10.2 Å². The fourth-order valence-electron chi connectivity index (χ4n) is 3.32. The fraction of sp³-hybridized carbons (Fsp3) is 0.625. The van der Waals surface area contributed by atoms with Crippen molar-refractivity contribution in [1.29, 1.82) is 0 Å². The monoisotopic (exact) mass is 396 g/mol. The maximum Gasteiger partial charge on any atom is 0.282 e. The van der Waals surface area contributed by atoms with Crippen LogP contribution in [0, 0.1) is 0 Å². The third-order valence-corrected chi connectivity index (χ3v) is 7.05. The maximum atomic E-state index is 12.8. The molecule has 2 aromatic heterocycles. The zero-order valence-electron chi connectivity index (χ0n) is 15.3. The molecule has 0 radical (unpaired) electrons. The molecular formula is C16H24N6O4S. The van der Waals surface area contributed by atoms with E-state index >= 15 is 0 Å².